The van der Waals surface area contributed by atoms with E-state index in [9.17, 15) is 9.59 Å². The number of benzene rings is 2. The minimum absolute atomic E-state index is 0.141. The molecular weight excluding hydrogens is 702 g/mol. The molecule has 0 radical (unpaired) electrons. The highest BCUT2D eigenvalue weighted by Gasteiger charge is 2.36. The average Bonchev–Trinajstić information content (AvgIpc) is 3.11. The van der Waals surface area contributed by atoms with Gasteiger partial charge in [-0.3, -0.25) is 4.90 Å². The second-order valence-corrected chi connectivity index (χ2v) is 17.8. The Hall–Kier alpha value is -2.48. The second kappa shape index (κ2) is 19.9. The van der Waals surface area contributed by atoms with Gasteiger partial charge in [0.05, 0.1) is 7.11 Å². The molecule has 4 rings (SSSR count). The summed E-state index contributed by atoms with van der Waals surface area (Å²) in [6.45, 7) is 18.8. The molecule has 294 valence electrons. The van der Waals surface area contributed by atoms with Crippen LogP contribution in [-0.2, 0) is 20.7 Å². The van der Waals surface area contributed by atoms with Crippen LogP contribution in [0.2, 0.25) is 5.02 Å². The number of halogens is 1. The van der Waals surface area contributed by atoms with E-state index in [2.05, 4.69) is 41.5 Å². The normalized spacial score (nSPS) is 21.5. The third-order valence-corrected chi connectivity index (χ3v) is 12.8. The van der Waals surface area contributed by atoms with Crippen molar-refractivity contribution in [2.24, 2.45) is 17.8 Å². The first-order valence-corrected chi connectivity index (χ1v) is 21.0. The zero-order valence-electron chi connectivity index (χ0n) is 34.0. The highest BCUT2D eigenvalue weighted by atomic mass is 35.5. The number of carbonyl (C=O) groups excluding carboxylic acids is 2. The second-order valence-electron chi connectivity index (χ2n) is 16.8. The van der Waals surface area contributed by atoms with Crippen LogP contribution < -0.4 is 9.47 Å². The van der Waals surface area contributed by atoms with E-state index < -0.39 is 18.0 Å². The number of thiol groups is 1. The van der Waals surface area contributed by atoms with Crippen molar-refractivity contribution >= 4 is 36.2 Å². The van der Waals surface area contributed by atoms with Gasteiger partial charge in [-0.2, -0.15) is 12.6 Å². The number of piperidine rings is 1. The first-order chi connectivity index (χ1) is 25.1. The molecule has 2 aromatic rings. The third-order valence-electron chi connectivity index (χ3n) is 11.8. The Morgan fingerprint density at radius 1 is 0.981 bits per heavy atom. The lowest BCUT2D eigenvalue weighted by atomic mass is 9.83. The summed E-state index contributed by atoms with van der Waals surface area (Å²) in [6, 6.07) is 6.60. The van der Waals surface area contributed by atoms with Crippen molar-refractivity contribution in [3.05, 3.63) is 68.8 Å². The maximum atomic E-state index is 13.5. The van der Waals surface area contributed by atoms with E-state index in [4.69, 9.17) is 38.4 Å². The summed E-state index contributed by atoms with van der Waals surface area (Å²) in [7, 11) is 1.38. The zero-order valence-corrected chi connectivity index (χ0v) is 35.6. The molecule has 6 nitrogen and oxygen atoms in total. The van der Waals surface area contributed by atoms with Crippen LogP contribution in [0.1, 0.15) is 139 Å². The van der Waals surface area contributed by atoms with Gasteiger partial charge in [0.1, 0.15) is 23.1 Å². The number of hydrogen-bond acceptors (Lipinski definition) is 7. The number of carbonyl (C=O) groups is 2. The minimum Gasteiger partial charge on any atom is -0.487 e. The minimum atomic E-state index is -0.695. The number of esters is 2. The van der Waals surface area contributed by atoms with Gasteiger partial charge in [-0.05, 0) is 111 Å². The van der Waals surface area contributed by atoms with Crippen molar-refractivity contribution in [2.75, 3.05) is 20.2 Å². The van der Waals surface area contributed by atoms with Gasteiger partial charge in [0.2, 0.25) is 0 Å². The fraction of sp³-hybridized carbons (Fsp3) is 0.644. The summed E-state index contributed by atoms with van der Waals surface area (Å²) in [6.07, 6.45) is 15.6. The summed E-state index contributed by atoms with van der Waals surface area (Å²) >= 11 is 11.3. The summed E-state index contributed by atoms with van der Waals surface area (Å²) in [5.41, 5.74) is 5.29. The third kappa shape index (κ3) is 11.8. The van der Waals surface area contributed by atoms with Gasteiger partial charge in [0.15, 0.2) is 0 Å². The van der Waals surface area contributed by atoms with Gasteiger partial charge in [0.25, 0.3) is 0 Å². The molecule has 2 aliphatic heterocycles. The molecule has 0 bridgehead atoms. The van der Waals surface area contributed by atoms with Crippen molar-refractivity contribution in [1.29, 1.82) is 0 Å². The fourth-order valence-electron chi connectivity index (χ4n) is 8.23. The largest absolute Gasteiger partial charge is 0.487 e. The molecule has 0 aromatic heterocycles. The monoisotopic (exact) mass is 767 g/mol. The molecule has 2 heterocycles. The van der Waals surface area contributed by atoms with Crippen molar-refractivity contribution in [3.63, 3.8) is 0 Å². The van der Waals surface area contributed by atoms with Crippen LogP contribution in [0.25, 0.3) is 0 Å². The van der Waals surface area contributed by atoms with Crippen molar-refractivity contribution in [1.82, 2.24) is 4.90 Å². The Bertz CT molecular complexity index is 1590. The van der Waals surface area contributed by atoms with Crippen LogP contribution in [-0.4, -0.2) is 47.9 Å². The van der Waals surface area contributed by atoms with Crippen LogP contribution in [0.4, 0.5) is 0 Å². The standard InChI is InChI=1S/C45H66ClNO5S/c1-29(2)15-12-16-30(3)17-13-18-31(4)19-14-24-45(8)25-22-36-34(7)42(32(5)33(6)43(36)52-45)51-40(48)27-35-28-47(26-23-39(35)53)41(44(49)50-9)37-20-10-11-21-38(37)46/h10-11,20-21,27,29-31,39,41,53H,12-19,22-26,28H2,1-9H3/b35-27-/t30-,31-,39?,41+,45-/m1/s1. The lowest BCUT2D eigenvalue weighted by molar-refractivity contribution is -0.147. The molecule has 0 spiro atoms. The molecule has 0 aliphatic carbocycles. The van der Waals surface area contributed by atoms with E-state index in [1.54, 1.807) is 12.1 Å². The van der Waals surface area contributed by atoms with E-state index in [1.165, 1.54) is 58.5 Å². The molecule has 1 saturated heterocycles. The number of nitrogens with zero attached hydrogens (tertiary/aromatic N) is 1. The Morgan fingerprint density at radius 2 is 1.62 bits per heavy atom. The van der Waals surface area contributed by atoms with Gasteiger partial charge in [-0.25, -0.2) is 9.59 Å². The van der Waals surface area contributed by atoms with Gasteiger partial charge >= 0.3 is 11.9 Å². The average molecular weight is 769 g/mol. The molecule has 5 atom stereocenters. The van der Waals surface area contributed by atoms with E-state index in [1.807, 2.05) is 36.9 Å². The molecule has 8 heteroatoms. The van der Waals surface area contributed by atoms with Gasteiger partial charge in [-0.15, -0.1) is 0 Å². The number of hydrogen-bond donors (Lipinski definition) is 1. The molecule has 1 unspecified atom stereocenters. The summed E-state index contributed by atoms with van der Waals surface area (Å²) in [4.78, 5) is 28.5. The number of likely N-dealkylation sites (tertiary alicyclic amines) is 1. The predicted octanol–water partition coefficient (Wildman–Crippen LogP) is 11.5. The first kappa shape index (κ1) is 43.3. The molecule has 2 aliphatic rings. The smallest absolute Gasteiger partial charge is 0.336 e. The highest BCUT2D eigenvalue weighted by molar-refractivity contribution is 7.81. The van der Waals surface area contributed by atoms with Crippen LogP contribution in [0, 0.1) is 38.5 Å². The Kier molecular flexibility index (Phi) is 16.2. The molecule has 2 aromatic carbocycles. The number of ether oxygens (including phenoxy) is 3. The molecule has 0 amide bonds. The van der Waals surface area contributed by atoms with Crippen LogP contribution in [0.15, 0.2) is 35.9 Å². The highest BCUT2D eigenvalue weighted by Crippen LogP contribution is 2.45. The number of rotatable bonds is 17. The van der Waals surface area contributed by atoms with Gasteiger partial charge in [0, 0.05) is 35.0 Å². The van der Waals surface area contributed by atoms with Gasteiger partial charge in [-0.1, -0.05) is 102 Å². The molecule has 0 saturated carbocycles. The lowest BCUT2D eigenvalue weighted by Gasteiger charge is -2.38. The lowest BCUT2D eigenvalue weighted by Crippen LogP contribution is -2.42. The topological polar surface area (TPSA) is 65.1 Å². The molecule has 1 fully saturated rings. The quantitative estimate of drug-likeness (QED) is 0.0748. The summed E-state index contributed by atoms with van der Waals surface area (Å²) in [5, 5.41) is 0.352. The Morgan fingerprint density at radius 3 is 2.26 bits per heavy atom. The van der Waals surface area contributed by atoms with Crippen molar-refractivity contribution in [3.8, 4) is 11.5 Å². The number of methoxy groups -OCH3 is 1. The van der Waals surface area contributed by atoms with E-state index in [-0.39, 0.29) is 10.9 Å². The van der Waals surface area contributed by atoms with Crippen LogP contribution >= 0.6 is 24.2 Å². The Balaban J connectivity index is 1.37. The van der Waals surface area contributed by atoms with Crippen LogP contribution in [0.5, 0.6) is 11.5 Å². The molecule has 0 N–H and O–H groups in total. The van der Waals surface area contributed by atoms with E-state index in [0.717, 1.165) is 70.6 Å². The van der Waals surface area contributed by atoms with Crippen LogP contribution in [0.3, 0.4) is 0 Å². The number of fused-ring (bicyclic) bond motifs is 1. The maximum Gasteiger partial charge on any atom is 0.336 e. The molecule has 53 heavy (non-hydrogen) atoms. The maximum absolute atomic E-state index is 13.5. The van der Waals surface area contributed by atoms with Crippen molar-refractivity contribution < 1.29 is 23.8 Å². The Labute approximate surface area is 331 Å². The molecular formula is C45H66ClNO5S. The van der Waals surface area contributed by atoms with Gasteiger partial charge < -0.3 is 14.2 Å². The summed E-state index contributed by atoms with van der Waals surface area (Å²) < 4.78 is 18.1. The zero-order chi connectivity index (χ0) is 38.9. The van der Waals surface area contributed by atoms with Crippen molar-refractivity contribution in [2.45, 2.75) is 149 Å². The van der Waals surface area contributed by atoms with E-state index >= 15 is 0 Å². The van der Waals surface area contributed by atoms with E-state index in [0.29, 0.717) is 35.8 Å². The fourth-order valence-corrected chi connectivity index (χ4v) is 8.74. The predicted molar refractivity (Wildman–Crippen MR) is 222 cm³/mol. The first-order valence-electron chi connectivity index (χ1n) is 20.1. The summed E-state index contributed by atoms with van der Waals surface area (Å²) in [5.74, 6) is 3.10. The SMILES string of the molecule is COC(=O)[C@H](c1ccccc1Cl)N1CCC(S)/C(=C\C(=O)Oc2c(C)c(C)c3c(c2C)CC[C@@](C)(CCC[C@H](C)CCC[C@H](C)CCCC(C)C)O3)C1.